The van der Waals surface area contributed by atoms with Gasteiger partial charge in [-0.15, -0.1) is 0 Å². The van der Waals surface area contributed by atoms with E-state index in [2.05, 4.69) is 10.2 Å². The summed E-state index contributed by atoms with van der Waals surface area (Å²) in [5, 5.41) is 3.58. The molecule has 0 aromatic rings. The Kier molecular flexibility index (Phi) is 6.11. The lowest BCUT2D eigenvalue weighted by Crippen LogP contribution is -2.49. The van der Waals surface area contributed by atoms with Gasteiger partial charge in [0.1, 0.15) is 0 Å². The van der Waals surface area contributed by atoms with Crippen molar-refractivity contribution in [3.8, 4) is 0 Å². The minimum Gasteiger partial charge on any atom is -0.314 e. The highest BCUT2D eigenvalue weighted by Crippen LogP contribution is 2.18. The van der Waals surface area contributed by atoms with Crippen molar-refractivity contribution in [1.29, 1.82) is 0 Å². The zero-order chi connectivity index (χ0) is 14.4. The van der Waals surface area contributed by atoms with Gasteiger partial charge < -0.3 is 10.2 Å². The van der Waals surface area contributed by atoms with Crippen LogP contribution < -0.4 is 5.32 Å². The Morgan fingerprint density at radius 3 is 2.15 bits per heavy atom. The van der Waals surface area contributed by atoms with Gasteiger partial charge in [0.2, 0.25) is 0 Å². The molecule has 1 saturated carbocycles. The zero-order valence-corrected chi connectivity index (χ0v) is 12.1. The molecular formula is C14H26F3N3. The number of piperazine rings is 1. The van der Waals surface area contributed by atoms with E-state index in [9.17, 15) is 13.2 Å². The van der Waals surface area contributed by atoms with Crippen molar-refractivity contribution < 1.29 is 13.2 Å². The lowest BCUT2D eigenvalue weighted by atomic mass is 10.2. The molecule has 20 heavy (non-hydrogen) atoms. The van der Waals surface area contributed by atoms with E-state index in [0.717, 1.165) is 32.6 Å². The van der Waals surface area contributed by atoms with Crippen LogP contribution in [0.3, 0.4) is 0 Å². The van der Waals surface area contributed by atoms with Crippen LogP contribution in [0.5, 0.6) is 0 Å². The van der Waals surface area contributed by atoms with Crippen LogP contribution in [-0.2, 0) is 0 Å². The maximum Gasteiger partial charge on any atom is 0.401 e. The SMILES string of the molecule is FC(F)(F)CN1CCN(CCCNC2CCCC2)CC1. The lowest BCUT2D eigenvalue weighted by molar-refractivity contribution is -0.149. The second-order valence-electron chi connectivity index (χ2n) is 6.02. The second kappa shape index (κ2) is 7.61. The van der Waals surface area contributed by atoms with Gasteiger partial charge in [0.05, 0.1) is 6.54 Å². The summed E-state index contributed by atoms with van der Waals surface area (Å²) < 4.78 is 36.8. The van der Waals surface area contributed by atoms with Gasteiger partial charge in [-0.2, -0.15) is 13.2 Å². The molecule has 0 bridgehead atoms. The molecule has 1 saturated heterocycles. The van der Waals surface area contributed by atoms with Crippen molar-refractivity contribution in [1.82, 2.24) is 15.1 Å². The number of rotatable bonds is 6. The highest BCUT2D eigenvalue weighted by molar-refractivity contribution is 4.76. The molecule has 2 fully saturated rings. The summed E-state index contributed by atoms with van der Waals surface area (Å²) in [6.07, 6.45) is 2.33. The van der Waals surface area contributed by atoms with Crippen molar-refractivity contribution in [2.75, 3.05) is 45.8 Å². The molecule has 0 atom stereocenters. The summed E-state index contributed by atoms with van der Waals surface area (Å²) >= 11 is 0. The van der Waals surface area contributed by atoms with Crippen molar-refractivity contribution in [3.05, 3.63) is 0 Å². The number of hydrogen-bond acceptors (Lipinski definition) is 3. The minimum absolute atomic E-state index is 0.537. The monoisotopic (exact) mass is 293 g/mol. The molecule has 1 heterocycles. The van der Waals surface area contributed by atoms with E-state index in [0.29, 0.717) is 19.1 Å². The summed E-state index contributed by atoms with van der Waals surface area (Å²) in [5.74, 6) is 0. The Labute approximate surface area is 119 Å². The van der Waals surface area contributed by atoms with Gasteiger partial charge in [-0.05, 0) is 32.4 Å². The Hall–Kier alpha value is -0.330. The van der Waals surface area contributed by atoms with Gasteiger partial charge in [-0.25, -0.2) is 0 Å². The van der Waals surface area contributed by atoms with Crippen LogP contribution in [0.15, 0.2) is 0 Å². The van der Waals surface area contributed by atoms with Gasteiger partial charge in [0.15, 0.2) is 0 Å². The van der Waals surface area contributed by atoms with Crippen LogP contribution in [0, 0.1) is 0 Å². The molecule has 6 heteroatoms. The zero-order valence-electron chi connectivity index (χ0n) is 12.1. The van der Waals surface area contributed by atoms with E-state index in [1.165, 1.54) is 30.6 Å². The summed E-state index contributed by atoms with van der Waals surface area (Å²) in [4.78, 5) is 3.79. The largest absolute Gasteiger partial charge is 0.401 e. The molecular weight excluding hydrogens is 267 g/mol. The second-order valence-corrected chi connectivity index (χ2v) is 6.02. The van der Waals surface area contributed by atoms with Crippen molar-refractivity contribution in [2.24, 2.45) is 0 Å². The molecule has 1 N–H and O–H groups in total. The van der Waals surface area contributed by atoms with E-state index < -0.39 is 12.7 Å². The molecule has 0 aromatic heterocycles. The first-order valence-electron chi connectivity index (χ1n) is 7.78. The molecule has 0 aromatic carbocycles. The number of hydrogen-bond donors (Lipinski definition) is 1. The van der Waals surface area contributed by atoms with Crippen molar-refractivity contribution >= 4 is 0 Å². The van der Waals surface area contributed by atoms with Crippen LogP contribution in [-0.4, -0.2) is 67.8 Å². The van der Waals surface area contributed by atoms with Gasteiger partial charge in [0.25, 0.3) is 0 Å². The summed E-state index contributed by atoms with van der Waals surface area (Å²) in [6.45, 7) is 3.88. The van der Waals surface area contributed by atoms with E-state index in [1.807, 2.05) is 0 Å². The molecule has 0 spiro atoms. The number of nitrogens with zero attached hydrogens (tertiary/aromatic N) is 2. The fraction of sp³-hybridized carbons (Fsp3) is 1.00. The Morgan fingerprint density at radius 2 is 1.55 bits per heavy atom. The first-order valence-corrected chi connectivity index (χ1v) is 7.78. The normalized spacial score (nSPS) is 23.6. The van der Waals surface area contributed by atoms with Crippen LogP contribution in [0.1, 0.15) is 32.1 Å². The van der Waals surface area contributed by atoms with Gasteiger partial charge in [-0.1, -0.05) is 12.8 Å². The quantitative estimate of drug-likeness (QED) is 0.757. The fourth-order valence-corrected chi connectivity index (χ4v) is 3.16. The highest BCUT2D eigenvalue weighted by atomic mass is 19.4. The van der Waals surface area contributed by atoms with E-state index >= 15 is 0 Å². The van der Waals surface area contributed by atoms with E-state index in [1.54, 1.807) is 0 Å². The number of nitrogens with one attached hydrogen (secondary N) is 1. The number of halogens is 3. The van der Waals surface area contributed by atoms with Gasteiger partial charge in [0, 0.05) is 32.2 Å². The smallest absolute Gasteiger partial charge is 0.314 e. The van der Waals surface area contributed by atoms with Crippen LogP contribution in [0.25, 0.3) is 0 Å². The van der Waals surface area contributed by atoms with Crippen molar-refractivity contribution in [3.63, 3.8) is 0 Å². The molecule has 0 radical (unpaired) electrons. The van der Waals surface area contributed by atoms with Gasteiger partial charge in [-0.3, -0.25) is 4.90 Å². The fourth-order valence-electron chi connectivity index (χ4n) is 3.16. The third-order valence-electron chi connectivity index (χ3n) is 4.31. The Bertz CT molecular complexity index is 269. The third-order valence-corrected chi connectivity index (χ3v) is 4.31. The third kappa shape index (κ3) is 5.97. The molecule has 1 aliphatic heterocycles. The minimum atomic E-state index is -4.06. The van der Waals surface area contributed by atoms with Crippen LogP contribution >= 0.6 is 0 Å². The molecule has 2 rings (SSSR count). The molecule has 1 aliphatic carbocycles. The highest BCUT2D eigenvalue weighted by Gasteiger charge is 2.31. The molecule has 0 unspecified atom stereocenters. The van der Waals surface area contributed by atoms with E-state index in [-0.39, 0.29) is 0 Å². The van der Waals surface area contributed by atoms with E-state index in [4.69, 9.17) is 0 Å². The molecule has 118 valence electrons. The summed E-state index contributed by atoms with van der Waals surface area (Å²) in [6, 6.07) is 0.707. The first-order chi connectivity index (χ1) is 9.53. The predicted molar refractivity (Wildman–Crippen MR) is 73.8 cm³/mol. The standard InChI is InChI=1S/C14H26F3N3/c15-14(16,17)12-20-10-8-19(9-11-20)7-3-6-18-13-4-1-2-5-13/h13,18H,1-12H2. The maximum absolute atomic E-state index is 12.3. The molecule has 0 amide bonds. The molecule has 3 nitrogen and oxygen atoms in total. The molecule has 2 aliphatic rings. The Morgan fingerprint density at radius 1 is 0.950 bits per heavy atom. The van der Waals surface area contributed by atoms with Crippen LogP contribution in [0.2, 0.25) is 0 Å². The maximum atomic E-state index is 12.3. The predicted octanol–water partition coefficient (Wildman–Crippen LogP) is 2.09. The Balaban J connectivity index is 1.51. The topological polar surface area (TPSA) is 18.5 Å². The van der Waals surface area contributed by atoms with Crippen LogP contribution in [0.4, 0.5) is 13.2 Å². The summed E-state index contributed by atoms with van der Waals surface area (Å²) in [7, 11) is 0. The average molecular weight is 293 g/mol. The van der Waals surface area contributed by atoms with Gasteiger partial charge >= 0.3 is 6.18 Å². The lowest BCUT2D eigenvalue weighted by Gasteiger charge is -2.35. The first kappa shape index (κ1) is 16.0. The number of alkyl halides is 3. The average Bonchev–Trinajstić information content (AvgIpc) is 2.88. The summed E-state index contributed by atoms with van der Waals surface area (Å²) in [5.41, 5.74) is 0. The van der Waals surface area contributed by atoms with Crippen molar-refractivity contribution in [2.45, 2.75) is 44.3 Å².